The highest BCUT2D eigenvalue weighted by Gasteiger charge is 2.21. The fourth-order valence-corrected chi connectivity index (χ4v) is 6.79. The van der Waals surface area contributed by atoms with E-state index in [1.165, 1.54) is 23.1 Å². The average Bonchev–Trinajstić information content (AvgIpc) is 3.43. The normalized spacial score (nSPS) is 14.3. The number of hydrogen-bond acceptors (Lipinski definition) is 7. The number of thiazole rings is 1. The zero-order valence-electron chi connectivity index (χ0n) is 25.3. The summed E-state index contributed by atoms with van der Waals surface area (Å²) < 4.78 is 0.812. The lowest BCUT2D eigenvalue weighted by molar-refractivity contribution is -0.123. The lowest BCUT2D eigenvalue weighted by atomic mass is 9.92. The van der Waals surface area contributed by atoms with Crippen molar-refractivity contribution in [3.63, 3.8) is 0 Å². The number of amides is 3. The lowest BCUT2D eigenvalue weighted by Gasteiger charge is -2.32. The molecule has 0 atom stereocenters. The molecule has 3 aromatic rings. The summed E-state index contributed by atoms with van der Waals surface area (Å²) in [4.78, 5) is 44.1. The van der Waals surface area contributed by atoms with Crippen molar-refractivity contribution in [3.8, 4) is 11.3 Å². The number of thioether (sulfide) groups is 1. The van der Waals surface area contributed by atoms with E-state index >= 15 is 0 Å². The van der Waals surface area contributed by atoms with Gasteiger partial charge in [0.2, 0.25) is 17.7 Å². The zero-order valence-corrected chi connectivity index (χ0v) is 28.4. The quantitative estimate of drug-likeness (QED) is 0.181. The summed E-state index contributed by atoms with van der Waals surface area (Å²) in [6.45, 7) is 8.92. The zero-order chi connectivity index (χ0) is 31.7. The van der Waals surface area contributed by atoms with Gasteiger partial charge in [0.15, 0.2) is 4.34 Å². The molecule has 2 aromatic carbocycles. The van der Waals surface area contributed by atoms with Crippen LogP contribution in [-0.2, 0) is 20.9 Å². The fraction of sp³-hybridized carbons (Fsp3) is 0.438. The van der Waals surface area contributed by atoms with Gasteiger partial charge in [-0.2, -0.15) is 0 Å². The second-order valence-corrected chi connectivity index (χ2v) is 15.0. The molecule has 1 fully saturated rings. The predicted molar refractivity (Wildman–Crippen MR) is 182 cm³/mol. The predicted octanol–water partition coefficient (Wildman–Crippen LogP) is 6.87. The van der Waals surface area contributed by atoms with E-state index in [0.717, 1.165) is 53.6 Å². The van der Waals surface area contributed by atoms with Crippen LogP contribution in [0.1, 0.15) is 52.0 Å². The number of carbonyl (C=O) groups excluding carboxylic acids is 3. The summed E-state index contributed by atoms with van der Waals surface area (Å²) in [5.74, 6) is 0.0866. The van der Waals surface area contributed by atoms with Crippen molar-refractivity contribution in [1.29, 1.82) is 0 Å². The van der Waals surface area contributed by atoms with Crippen molar-refractivity contribution in [3.05, 3.63) is 63.5 Å². The Hall–Kier alpha value is -2.63. The molecule has 3 N–H and O–H groups in total. The maximum Gasteiger partial charge on any atom is 0.230 e. The smallest absolute Gasteiger partial charge is 0.230 e. The maximum absolute atomic E-state index is 12.7. The Morgan fingerprint density at radius 1 is 1.02 bits per heavy atom. The number of halogens is 2. The van der Waals surface area contributed by atoms with Gasteiger partial charge in [-0.1, -0.05) is 73.9 Å². The molecule has 236 valence electrons. The van der Waals surface area contributed by atoms with Crippen molar-refractivity contribution in [2.45, 2.75) is 63.4 Å². The molecular formula is C32H39Cl2N5O3S2. The average molecular weight is 677 g/mol. The van der Waals surface area contributed by atoms with E-state index in [1.807, 2.05) is 68.6 Å². The van der Waals surface area contributed by atoms with Crippen molar-refractivity contribution in [2.24, 2.45) is 5.41 Å². The first-order chi connectivity index (χ1) is 20.9. The molecule has 0 bridgehead atoms. The second-order valence-electron chi connectivity index (χ2n) is 12.1. The summed E-state index contributed by atoms with van der Waals surface area (Å²) in [6, 6.07) is 13.4. The molecule has 2 heterocycles. The largest absolute Gasteiger partial charge is 0.356 e. The van der Waals surface area contributed by atoms with Crippen LogP contribution in [0.3, 0.4) is 0 Å². The van der Waals surface area contributed by atoms with Gasteiger partial charge in [-0.15, -0.1) is 11.3 Å². The molecule has 0 saturated carbocycles. The van der Waals surface area contributed by atoms with Gasteiger partial charge in [-0.05, 0) is 48.1 Å². The summed E-state index contributed by atoms with van der Waals surface area (Å²) in [5, 5.41) is 12.0. The number of piperidine rings is 1. The van der Waals surface area contributed by atoms with Crippen molar-refractivity contribution in [2.75, 3.05) is 30.7 Å². The molecule has 1 aliphatic heterocycles. The number of rotatable bonds is 12. The fourth-order valence-electron chi connectivity index (χ4n) is 4.82. The maximum atomic E-state index is 12.7. The number of aromatic nitrogens is 1. The van der Waals surface area contributed by atoms with E-state index in [-0.39, 0.29) is 35.6 Å². The van der Waals surface area contributed by atoms with Crippen molar-refractivity contribution in [1.82, 2.24) is 20.5 Å². The van der Waals surface area contributed by atoms with E-state index < -0.39 is 0 Å². The van der Waals surface area contributed by atoms with Crippen LogP contribution in [0.4, 0.5) is 5.69 Å². The second kappa shape index (κ2) is 16.1. The van der Waals surface area contributed by atoms with Crippen LogP contribution in [0, 0.1) is 5.41 Å². The Kier molecular flexibility index (Phi) is 12.5. The van der Waals surface area contributed by atoms with Gasteiger partial charge in [0, 0.05) is 61.7 Å². The van der Waals surface area contributed by atoms with Crippen LogP contribution < -0.4 is 16.0 Å². The highest BCUT2D eigenvalue weighted by atomic mass is 35.5. The Balaban J connectivity index is 1.17. The van der Waals surface area contributed by atoms with Gasteiger partial charge in [0.25, 0.3) is 0 Å². The van der Waals surface area contributed by atoms with Crippen LogP contribution in [-0.4, -0.2) is 59.0 Å². The minimum absolute atomic E-state index is 0.00832. The lowest BCUT2D eigenvalue weighted by Crippen LogP contribution is -2.44. The molecule has 1 saturated heterocycles. The summed E-state index contributed by atoms with van der Waals surface area (Å²) in [5.41, 5.74) is 3.37. The van der Waals surface area contributed by atoms with Crippen LogP contribution in [0.5, 0.6) is 0 Å². The summed E-state index contributed by atoms with van der Waals surface area (Å²) >= 11 is 15.1. The monoisotopic (exact) mass is 675 g/mol. The number of hydrogen-bond donors (Lipinski definition) is 3. The third-order valence-electron chi connectivity index (χ3n) is 6.96. The van der Waals surface area contributed by atoms with Crippen molar-refractivity contribution >= 4 is 69.7 Å². The first-order valence-corrected chi connectivity index (χ1v) is 17.3. The molecule has 0 aliphatic carbocycles. The van der Waals surface area contributed by atoms with Crippen molar-refractivity contribution < 1.29 is 14.4 Å². The first-order valence-electron chi connectivity index (χ1n) is 14.6. The first kappa shape index (κ1) is 34.2. The van der Waals surface area contributed by atoms with Crippen LogP contribution in [0.25, 0.3) is 11.3 Å². The highest BCUT2D eigenvalue weighted by Crippen LogP contribution is 2.30. The van der Waals surface area contributed by atoms with Gasteiger partial charge in [-0.3, -0.25) is 19.3 Å². The van der Waals surface area contributed by atoms with E-state index in [9.17, 15) is 14.4 Å². The molecule has 8 nitrogen and oxygen atoms in total. The summed E-state index contributed by atoms with van der Waals surface area (Å²) in [6.07, 6.45) is 2.41. The number of likely N-dealkylation sites (tertiary alicyclic amines) is 1. The number of nitrogens with one attached hydrogen (secondary N) is 3. The minimum Gasteiger partial charge on any atom is -0.356 e. The molecule has 0 radical (unpaired) electrons. The Morgan fingerprint density at radius 2 is 1.80 bits per heavy atom. The number of nitrogens with zero attached hydrogens (tertiary/aromatic N) is 2. The Labute approximate surface area is 277 Å². The van der Waals surface area contributed by atoms with Crippen LogP contribution >= 0.6 is 46.3 Å². The molecule has 0 spiro atoms. The Morgan fingerprint density at radius 3 is 2.52 bits per heavy atom. The van der Waals surface area contributed by atoms with E-state index in [4.69, 9.17) is 28.2 Å². The van der Waals surface area contributed by atoms with Gasteiger partial charge >= 0.3 is 0 Å². The standard InChI is InChI=1S/C32H39Cl2N5O3S2/c1-32(2,3)17-29(41)35-12-9-28(40)37-24-6-4-5-22(16-24)27-19-43-31(38-27)44-20-30(42)36-23-10-13-39(14-11-23)18-21-7-8-25(33)26(34)15-21/h4-8,15-16,19,23H,9-14,17-18,20H2,1-3H3,(H,35,41)(H,36,42)(H,37,40). The molecule has 4 rings (SSSR count). The molecule has 1 aromatic heterocycles. The third kappa shape index (κ3) is 11.4. The van der Waals surface area contributed by atoms with Crippen LogP contribution in [0.15, 0.2) is 52.2 Å². The van der Waals surface area contributed by atoms with Gasteiger partial charge < -0.3 is 16.0 Å². The van der Waals surface area contributed by atoms with E-state index in [1.54, 1.807) is 0 Å². The minimum atomic E-state index is -0.170. The number of anilines is 1. The number of benzene rings is 2. The molecule has 1 aliphatic rings. The van der Waals surface area contributed by atoms with Crippen LogP contribution in [0.2, 0.25) is 10.0 Å². The molecule has 44 heavy (non-hydrogen) atoms. The molecule has 0 unspecified atom stereocenters. The summed E-state index contributed by atoms with van der Waals surface area (Å²) in [7, 11) is 0. The SMILES string of the molecule is CC(C)(C)CC(=O)NCCC(=O)Nc1cccc(-c2csc(SCC(=O)NC3CCN(Cc4ccc(Cl)c(Cl)c4)CC3)n2)c1. The molecule has 12 heteroatoms. The molecular weight excluding hydrogens is 637 g/mol. The Bertz CT molecular complexity index is 1450. The number of carbonyl (C=O) groups is 3. The highest BCUT2D eigenvalue weighted by molar-refractivity contribution is 8.01. The third-order valence-corrected chi connectivity index (χ3v) is 9.72. The van der Waals surface area contributed by atoms with E-state index in [2.05, 4.69) is 20.9 Å². The molecule has 3 amide bonds. The van der Waals surface area contributed by atoms with Gasteiger partial charge in [-0.25, -0.2) is 4.98 Å². The van der Waals surface area contributed by atoms with E-state index in [0.29, 0.717) is 34.5 Å². The van der Waals surface area contributed by atoms with Gasteiger partial charge in [0.1, 0.15) is 0 Å². The topological polar surface area (TPSA) is 103 Å². The van der Waals surface area contributed by atoms with Gasteiger partial charge in [0.05, 0.1) is 21.5 Å².